The predicted octanol–water partition coefficient (Wildman–Crippen LogP) is 8.99. The number of nitrogens with zero attached hydrogens (tertiary/aromatic N) is 1. The minimum atomic E-state index is 0.928. The maximum absolute atomic E-state index is 6.61. The second kappa shape index (κ2) is 6.49. The van der Waals surface area contributed by atoms with E-state index in [2.05, 4.69) is 114 Å². The molecule has 158 valence electrons. The van der Waals surface area contributed by atoms with Crippen LogP contribution >= 0.6 is 0 Å². The van der Waals surface area contributed by atoms with E-state index in [0.717, 1.165) is 16.6 Å². The van der Waals surface area contributed by atoms with E-state index < -0.39 is 0 Å². The van der Waals surface area contributed by atoms with E-state index in [1.54, 1.807) is 0 Å². The Morgan fingerprint density at radius 1 is 0.471 bits per heavy atom. The van der Waals surface area contributed by atoms with Gasteiger partial charge in [0.05, 0.1) is 22.1 Å². The Hall–Kier alpha value is -4.56. The van der Waals surface area contributed by atoms with Crippen LogP contribution in [0.4, 0.5) is 0 Å². The molecule has 0 radical (unpaired) electrons. The molecule has 0 N–H and O–H groups in total. The Kier molecular flexibility index (Phi) is 3.42. The topological polar surface area (TPSA) is 18.1 Å². The van der Waals surface area contributed by atoms with Crippen LogP contribution in [-0.2, 0) is 0 Å². The van der Waals surface area contributed by atoms with Crippen LogP contribution in [0.2, 0.25) is 0 Å². The first-order valence-electron chi connectivity index (χ1n) is 11.6. The molecular formula is C32H19NO. The molecule has 0 amide bonds. The summed E-state index contributed by atoms with van der Waals surface area (Å²) in [6.07, 6.45) is 0. The van der Waals surface area contributed by atoms with Crippen LogP contribution in [0, 0.1) is 0 Å². The fourth-order valence-corrected chi connectivity index (χ4v) is 5.77. The molecule has 2 heterocycles. The lowest BCUT2D eigenvalue weighted by molar-refractivity contribution is 0.673. The van der Waals surface area contributed by atoms with Gasteiger partial charge in [-0.25, -0.2) is 0 Å². The first-order valence-corrected chi connectivity index (χ1v) is 11.6. The van der Waals surface area contributed by atoms with Gasteiger partial charge in [0.1, 0.15) is 11.2 Å². The average molecular weight is 434 g/mol. The molecule has 8 rings (SSSR count). The van der Waals surface area contributed by atoms with Crippen molar-refractivity contribution in [3.63, 3.8) is 0 Å². The zero-order valence-electron chi connectivity index (χ0n) is 18.3. The van der Waals surface area contributed by atoms with Gasteiger partial charge in [-0.1, -0.05) is 97.1 Å². The Morgan fingerprint density at radius 3 is 2.00 bits per heavy atom. The third kappa shape index (κ3) is 2.20. The Bertz CT molecular complexity index is 2070. The predicted molar refractivity (Wildman–Crippen MR) is 143 cm³/mol. The van der Waals surface area contributed by atoms with Crippen LogP contribution in [0.5, 0.6) is 0 Å². The Labute approximate surface area is 195 Å². The number of fused-ring (bicyclic) bond motifs is 11. The molecule has 6 aromatic carbocycles. The summed E-state index contributed by atoms with van der Waals surface area (Å²) in [5.74, 6) is 0. The maximum Gasteiger partial charge on any atom is 0.146 e. The smallest absolute Gasteiger partial charge is 0.146 e. The third-order valence-corrected chi connectivity index (χ3v) is 7.16. The Balaban J connectivity index is 1.73. The van der Waals surface area contributed by atoms with Crippen molar-refractivity contribution < 1.29 is 4.42 Å². The van der Waals surface area contributed by atoms with E-state index in [1.165, 1.54) is 54.4 Å². The van der Waals surface area contributed by atoms with E-state index in [9.17, 15) is 0 Å². The molecule has 2 aromatic heterocycles. The van der Waals surface area contributed by atoms with Gasteiger partial charge >= 0.3 is 0 Å². The van der Waals surface area contributed by atoms with Crippen LogP contribution in [0.25, 0.3) is 71.0 Å². The maximum atomic E-state index is 6.61. The fraction of sp³-hybridized carbons (Fsp3) is 0. The summed E-state index contributed by atoms with van der Waals surface area (Å²) in [5, 5.41) is 9.67. The molecule has 0 aliphatic heterocycles. The third-order valence-electron chi connectivity index (χ3n) is 7.16. The SMILES string of the molecule is c1ccc2c(-n3c4ccccc4c4c5oc6ccccc6c5c5ccccc5c43)cccc2c1. The molecule has 0 unspecified atom stereocenters. The molecule has 8 aromatic rings. The minimum Gasteiger partial charge on any atom is -0.455 e. The van der Waals surface area contributed by atoms with Crippen molar-refractivity contribution in [1.29, 1.82) is 0 Å². The van der Waals surface area contributed by atoms with E-state index in [4.69, 9.17) is 4.42 Å². The lowest BCUT2D eigenvalue weighted by Gasteiger charge is -2.13. The van der Waals surface area contributed by atoms with Crippen molar-refractivity contribution in [2.45, 2.75) is 0 Å². The molecule has 0 bridgehead atoms. The molecule has 0 aliphatic rings. The number of furan rings is 1. The van der Waals surface area contributed by atoms with Crippen LogP contribution in [0.3, 0.4) is 0 Å². The first-order chi connectivity index (χ1) is 16.9. The molecule has 0 saturated heterocycles. The van der Waals surface area contributed by atoms with E-state index in [0.29, 0.717) is 0 Å². The molecule has 2 nitrogen and oxygen atoms in total. The van der Waals surface area contributed by atoms with Crippen molar-refractivity contribution in [3.05, 3.63) is 115 Å². The van der Waals surface area contributed by atoms with Gasteiger partial charge in [0.25, 0.3) is 0 Å². The van der Waals surface area contributed by atoms with Gasteiger partial charge in [0.15, 0.2) is 0 Å². The summed E-state index contributed by atoms with van der Waals surface area (Å²) in [6, 6.07) is 41.0. The number of benzene rings is 6. The van der Waals surface area contributed by atoms with Crippen LogP contribution in [-0.4, -0.2) is 4.57 Å². The molecule has 34 heavy (non-hydrogen) atoms. The van der Waals surface area contributed by atoms with Crippen molar-refractivity contribution >= 4 is 65.3 Å². The zero-order chi connectivity index (χ0) is 22.2. The van der Waals surface area contributed by atoms with Gasteiger partial charge in [-0.15, -0.1) is 0 Å². The van der Waals surface area contributed by atoms with Gasteiger partial charge in [-0.3, -0.25) is 0 Å². The standard InChI is InChI=1S/C32H19NO/c1-2-12-21-20(10-1)11-9-18-26(21)33-27-17-7-5-15-24(27)30-31(33)23-14-4-3-13-22(23)29-25-16-6-8-19-28(25)34-32(29)30/h1-19H. The van der Waals surface area contributed by atoms with Crippen molar-refractivity contribution in [1.82, 2.24) is 4.57 Å². The number of para-hydroxylation sites is 2. The van der Waals surface area contributed by atoms with Gasteiger partial charge in [-0.05, 0) is 29.0 Å². The Morgan fingerprint density at radius 2 is 1.12 bits per heavy atom. The van der Waals surface area contributed by atoms with Gasteiger partial charge < -0.3 is 8.98 Å². The van der Waals surface area contributed by atoms with Gasteiger partial charge in [-0.2, -0.15) is 0 Å². The first kappa shape index (κ1) is 17.9. The molecule has 2 heteroatoms. The van der Waals surface area contributed by atoms with Crippen molar-refractivity contribution in [2.75, 3.05) is 0 Å². The monoisotopic (exact) mass is 433 g/mol. The number of hydrogen-bond acceptors (Lipinski definition) is 1. The summed E-state index contributed by atoms with van der Waals surface area (Å²) in [7, 11) is 0. The second-order valence-electron chi connectivity index (χ2n) is 8.92. The molecule has 0 atom stereocenters. The average Bonchev–Trinajstić information content (AvgIpc) is 3.45. The van der Waals surface area contributed by atoms with Crippen molar-refractivity contribution in [2.24, 2.45) is 0 Å². The van der Waals surface area contributed by atoms with Crippen molar-refractivity contribution in [3.8, 4) is 5.69 Å². The van der Waals surface area contributed by atoms with E-state index in [1.807, 2.05) is 6.07 Å². The summed E-state index contributed by atoms with van der Waals surface area (Å²) >= 11 is 0. The highest BCUT2D eigenvalue weighted by atomic mass is 16.3. The molecular weight excluding hydrogens is 414 g/mol. The normalized spacial score (nSPS) is 12.1. The number of rotatable bonds is 1. The van der Waals surface area contributed by atoms with E-state index >= 15 is 0 Å². The van der Waals surface area contributed by atoms with Crippen LogP contribution in [0.15, 0.2) is 120 Å². The lowest BCUT2D eigenvalue weighted by atomic mass is 9.99. The van der Waals surface area contributed by atoms with Crippen LogP contribution in [0.1, 0.15) is 0 Å². The van der Waals surface area contributed by atoms with Crippen LogP contribution < -0.4 is 0 Å². The highest BCUT2D eigenvalue weighted by Gasteiger charge is 2.22. The highest BCUT2D eigenvalue weighted by Crippen LogP contribution is 2.46. The van der Waals surface area contributed by atoms with Gasteiger partial charge in [0, 0.05) is 26.9 Å². The minimum absolute atomic E-state index is 0.928. The highest BCUT2D eigenvalue weighted by molar-refractivity contribution is 6.35. The largest absolute Gasteiger partial charge is 0.455 e. The second-order valence-corrected chi connectivity index (χ2v) is 8.92. The number of aromatic nitrogens is 1. The summed E-state index contributed by atoms with van der Waals surface area (Å²) < 4.78 is 9.04. The lowest BCUT2D eigenvalue weighted by Crippen LogP contribution is -1.96. The molecule has 0 saturated carbocycles. The van der Waals surface area contributed by atoms with Gasteiger partial charge in [0.2, 0.25) is 0 Å². The zero-order valence-corrected chi connectivity index (χ0v) is 18.3. The number of hydrogen-bond donors (Lipinski definition) is 0. The fourth-order valence-electron chi connectivity index (χ4n) is 5.77. The molecule has 0 fully saturated rings. The van der Waals surface area contributed by atoms with E-state index in [-0.39, 0.29) is 0 Å². The molecule has 0 spiro atoms. The summed E-state index contributed by atoms with van der Waals surface area (Å²) in [4.78, 5) is 0. The quantitative estimate of drug-likeness (QED) is 0.253. The summed E-state index contributed by atoms with van der Waals surface area (Å²) in [5.41, 5.74) is 5.46. The summed E-state index contributed by atoms with van der Waals surface area (Å²) in [6.45, 7) is 0. The molecule has 0 aliphatic carbocycles.